The number of hydrogen-bond donors (Lipinski definition) is 3. The van der Waals surface area contributed by atoms with E-state index >= 15 is 0 Å². The number of aromatic amines is 2. The zero-order valence-electron chi connectivity index (χ0n) is 14.8. The number of halogens is 1. The molecular weight excluding hydrogens is 364 g/mol. The quantitative estimate of drug-likeness (QED) is 0.588. The SMILES string of the molecule is C=C/C(CC)=c1/nc(-c2[nH]ncc2NC(=O)c2c(F)cccc2P)[nH]c1=C. The first-order chi connectivity index (χ1) is 13.0. The summed E-state index contributed by atoms with van der Waals surface area (Å²) < 4.78 is 14.0. The van der Waals surface area contributed by atoms with Crippen LogP contribution in [0.5, 0.6) is 0 Å². The van der Waals surface area contributed by atoms with Gasteiger partial charge in [0.25, 0.3) is 5.91 Å². The molecule has 3 N–H and O–H groups in total. The summed E-state index contributed by atoms with van der Waals surface area (Å²) >= 11 is 0. The minimum Gasteiger partial charge on any atom is -0.337 e. The van der Waals surface area contributed by atoms with Crippen molar-refractivity contribution in [3.05, 3.63) is 59.1 Å². The molecule has 0 bridgehead atoms. The number of rotatable bonds is 5. The van der Waals surface area contributed by atoms with Gasteiger partial charge in [0, 0.05) is 0 Å². The van der Waals surface area contributed by atoms with Crippen LogP contribution in [0.4, 0.5) is 10.1 Å². The fourth-order valence-corrected chi connectivity index (χ4v) is 3.11. The van der Waals surface area contributed by atoms with Gasteiger partial charge < -0.3 is 10.3 Å². The van der Waals surface area contributed by atoms with Gasteiger partial charge in [-0.1, -0.05) is 38.3 Å². The second kappa shape index (κ2) is 7.68. The number of carbonyl (C=O) groups excluding carboxylic acids is 1. The van der Waals surface area contributed by atoms with Crippen LogP contribution >= 0.6 is 9.24 Å². The van der Waals surface area contributed by atoms with E-state index in [-0.39, 0.29) is 5.56 Å². The van der Waals surface area contributed by atoms with Crippen molar-refractivity contribution >= 4 is 38.3 Å². The van der Waals surface area contributed by atoms with Crippen LogP contribution in [0.25, 0.3) is 23.7 Å². The van der Waals surface area contributed by atoms with Crippen LogP contribution in [0.1, 0.15) is 23.7 Å². The maximum atomic E-state index is 14.0. The van der Waals surface area contributed by atoms with Gasteiger partial charge in [0.2, 0.25) is 0 Å². The van der Waals surface area contributed by atoms with Gasteiger partial charge in [-0.2, -0.15) is 5.10 Å². The maximum absolute atomic E-state index is 14.0. The molecule has 0 saturated carbocycles. The number of carbonyl (C=O) groups is 1. The smallest absolute Gasteiger partial charge is 0.259 e. The van der Waals surface area contributed by atoms with Gasteiger partial charge in [-0.05, 0) is 23.4 Å². The van der Waals surface area contributed by atoms with E-state index in [2.05, 4.69) is 47.9 Å². The Kier molecular flexibility index (Phi) is 5.33. The van der Waals surface area contributed by atoms with Gasteiger partial charge in [-0.15, -0.1) is 9.24 Å². The lowest BCUT2D eigenvalue weighted by Crippen LogP contribution is -2.24. The molecule has 3 rings (SSSR count). The molecule has 2 aromatic heterocycles. The van der Waals surface area contributed by atoms with Crippen LogP contribution in [0.3, 0.4) is 0 Å². The third-order valence-corrected chi connectivity index (χ3v) is 4.59. The molecule has 0 aliphatic rings. The fourth-order valence-electron chi connectivity index (χ4n) is 2.73. The number of nitrogens with one attached hydrogen (secondary N) is 3. The van der Waals surface area contributed by atoms with E-state index in [0.717, 1.165) is 12.0 Å². The highest BCUT2D eigenvalue weighted by atomic mass is 31.0. The molecule has 1 atom stereocenters. The topological polar surface area (TPSA) is 86.5 Å². The Morgan fingerprint density at radius 1 is 1.44 bits per heavy atom. The maximum Gasteiger partial charge on any atom is 0.259 e. The number of benzene rings is 1. The van der Waals surface area contributed by atoms with Gasteiger partial charge in [0.1, 0.15) is 11.5 Å². The van der Waals surface area contributed by atoms with Gasteiger partial charge in [0.05, 0.1) is 28.1 Å². The normalized spacial score (nSPS) is 12.0. The predicted octanol–water partition coefficient (Wildman–Crippen LogP) is 1.85. The summed E-state index contributed by atoms with van der Waals surface area (Å²) in [5, 5.41) is 11.3. The molecule has 2 heterocycles. The molecule has 3 aromatic rings. The zero-order chi connectivity index (χ0) is 19.6. The van der Waals surface area contributed by atoms with Crippen molar-refractivity contribution in [1.29, 1.82) is 0 Å². The molecule has 0 aliphatic carbocycles. The van der Waals surface area contributed by atoms with E-state index in [1.165, 1.54) is 12.3 Å². The van der Waals surface area contributed by atoms with Gasteiger partial charge in [-0.3, -0.25) is 9.89 Å². The van der Waals surface area contributed by atoms with Crippen LogP contribution in [0.15, 0.2) is 37.1 Å². The van der Waals surface area contributed by atoms with Gasteiger partial charge in [-0.25, -0.2) is 9.37 Å². The van der Waals surface area contributed by atoms with Crippen LogP contribution in [0.2, 0.25) is 0 Å². The van der Waals surface area contributed by atoms with Crippen molar-refractivity contribution in [2.75, 3.05) is 5.32 Å². The summed E-state index contributed by atoms with van der Waals surface area (Å²) in [6.45, 7) is 9.76. The Morgan fingerprint density at radius 3 is 2.89 bits per heavy atom. The standard InChI is InChI=1S/C19H19FN5OP/c1-4-11(5-2)16-10(3)22-18(24-16)17-13(9-21-25-17)23-19(26)15-12(20)7-6-8-14(15)27/h4,6-9H,1,3,5,27H2,2H3,(H,21,25)(H,22,24)(H,23,26)/b16-11-. The van der Waals surface area contributed by atoms with Crippen molar-refractivity contribution < 1.29 is 9.18 Å². The minimum absolute atomic E-state index is 0.0408. The molecule has 0 spiro atoms. The molecule has 0 saturated heterocycles. The van der Waals surface area contributed by atoms with Crippen LogP contribution in [0, 0.1) is 5.82 Å². The number of aromatic nitrogens is 4. The average Bonchev–Trinajstić information content (AvgIpc) is 3.23. The predicted molar refractivity (Wildman–Crippen MR) is 109 cm³/mol. The largest absolute Gasteiger partial charge is 0.337 e. The Labute approximate surface area is 157 Å². The van der Waals surface area contributed by atoms with Crippen molar-refractivity contribution in [3.8, 4) is 11.5 Å². The number of allylic oxidation sites excluding steroid dienone is 1. The highest BCUT2D eigenvalue weighted by Crippen LogP contribution is 2.22. The fraction of sp³-hybridized carbons (Fsp3) is 0.105. The highest BCUT2D eigenvalue weighted by molar-refractivity contribution is 7.27. The first kappa shape index (κ1) is 18.7. The lowest BCUT2D eigenvalue weighted by molar-refractivity contribution is 0.102. The zero-order valence-corrected chi connectivity index (χ0v) is 15.9. The summed E-state index contributed by atoms with van der Waals surface area (Å²) in [4.78, 5) is 20.2. The first-order valence-corrected chi connectivity index (χ1v) is 8.83. The molecule has 0 fully saturated rings. The Bertz CT molecular complexity index is 1110. The van der Waals surface area contributed by atoms with Crippen molar-refractivity contribution in [1.82, 2.24) is 20.2 Å². The summed E-state index contributed by atoms with van der Waals surface area (Å²) in [6.07, 6.45) is 3.94. The number of nitrogens with zero attached hydrogens (tertiary/aromatic N) is 2. The molecule has 6 nitrogen and oxygen atoms in total. The molecule has 1 unspecified atom stereocenters. The van der Waals surface area contributed by atoms with Gasteiger partial charge in [0.15, 0.2) is 5.82 Å². The van der Waals surface area contributed by atoms with Gasteiger partial charge >= 0.3 is 0 Å². The number of anilines is 1. The van der Waals surface area contributed by atoms with Crippen molar-refractivity contribution in [3.63, 3.8) is 0 Å². The minimum atomic E-state index is -0.599. The highest BCUT2D eigenvalue weighted by Gasteiger charge is 2.18. The van der Waals surface area contributed by atoms with E-state index in [1.54, 1.807) is 18.2 Å². The molecule has 27 heavy (non-hydrogen) atoms. The van der Waals surface area contributed by atoms with E-state index in [1.807, 2.05) is 6.92 Å². The van der Waals surface area contributed by atoms with Crippen LogP contribution in [-0.2, 0) is 0 Å². The lowest BCUT2D eigenvalue weighted by Gasteiger charge is -2.08. The molecular formula is C19H19FN5OP. The second-order valence-electron chi connectivity index (χ2n) is 5.81. The molecule has 0 aliphatic heterocycles. The van der Waals surface area contributed by atoms with E-state index < -0.39 is 11.7 Å². The van der Waals surface area contributed by atoms with Crippen molar-refractivity contribution in [2.24, 2.45) is 0 Å². The summed E-state index contributed by atoms with van der Waals surface area (Å²) in [6, 6.07) is 4.42. The summed E-state index contributed by atoms with van der Waals surface area (Å²) in [7, 11) is 2.35. The Hall–Kier alpha value is -3.05. The molecule has 1 aromatic carbocycles. The van der Waals surface area contributed by atoms with Crippen LogP contribution < -0.4 is 21.3 Å². The number of hydrogen-bond acceptors (Lipinski definition) is 3. The Morgan fingerprint density at radius 2 is 2.22 bits per heavy atom. The number of amides is 1. The number of imidazole rings is 1. The van der Waals surface area contributed by atoms with Crippen molar-refractivity contribution in [2.45, 2.75) is 13.3 Å². The monoisotopic (exact) mass is 383 g/mol. The summed E-state index contributed by atoms with van der Waals surface area (Å²) in [5.74, 6) is -0.706. The Balaban J connectivity index is 2.00. The average molecular weight is 383 g/mol. The van der Waals surface area contributed by atoms with E-state index in [4.69, 9.17) is 0 Å². The molecule has 8 heteroatoms. The van der Waals surface area contributed by atoms with Crippen LogP contribution in [-0.4, -0.2) is 26.1 Å². The lowest BCUT2D eigenvalue weighted by atomic mass is 10.2. The molecule has 1 amide bonds. The molecule has 138 valence electrons. The molecule has 0 radical (unpaired) electrons. The first-order valence-electron chi connectivity index (χ1n) is 8.25. The van der Waals surface area contributed by atoms with E-state index in [0.29, 0.717) is 33.2 Å². The second-order valence-corrected chi connectivity index (χ2v) is 6.43. The summed E-state index contributed by atoms with van der Waals surface area (Å²) in [5.41, 5.74) is 1.76. The number of H-pyrrole nitrogens is 2. The third kappa shape index (κ3) is 3.59. The van der Waals surface area contributed by atoms with E-state index in [9.17, 15) is 9.18 Å². The third-order valence-electron chi connectivity index (χ3n) is 4.11.